The van der Waals surface area contributed by atoms with Crippen LogP contribution in [0, 0.1) is 11.7 Å². The normalized spacial score (nSPS) is 12.4. The maximum atomic E-state index is 13.7. The summed E-state index contributed by atoms with van der Waals surface area (Å²) >= 11 is 0. The third-order valence-electron chi connectivity index (χ3n) is 6.51. The molecule has 3 rings (SSSR count). The first kappa shape index (κ1) is 27.5. The monoisotopic (exact) mass is 494 g/mol. The highest BCUT2D eigenvalue weighted by molar-refractivity contribution is 5.79. The van der Waals surface area contributed by atoms with Gasteiger partial charge < -0.3 is 9.80 Å². The molecule has 0 radical (unpaired) electrons. The Labute approximate surface area is 213 Å². The number of carbonyl (C=O) groups excluding carboxylic acids is 1. The van der Waals surface area contributed by atoms with Crippen molar-refractivity contribution in [2.45, 2.75) is 58.9 Å². The van der Waals surface area contributed by atoms with Gasteiger partial charge in [-0.15, -0.1) is 0 Å². The number of benzene rings is 2. The third kappa shape index (κ3) is 7.00. The van der Waals surface area contributed by atoms with Crippen molar-refractivity contribution in [2.75, 3.05) is 27.2 Å². The molecule has 36 heavy (non-hydrogen) atoms. The summed E-state index contributed by atoms with van der Waals surface area (Å²) in [6, 6.07) is 12.6. The molecule has 1 unspecified atom stereocenters. The Morgan fingerprint density at radius 3 is 2.33 bits per heavy atom. The largest absolute Gasteiger partial charge is 0.331 e. The van der Waals surface area contributed by atoms with E-state index in [-0.39, 0.29) is 17.3 Å². The number of fused-ring (bicyclic) bond motifs is 1. The number of hydrogen-bond donors (Lipinski definition) is 0. The van der Waals surface area contributed by atoms with Crippen molar-refractivity contribution >= 4 is 16.8 Å². The Morgan fingerprint density at radius 1 is 0.972 bits per heavy atom. The van der Waals surface area contributed by atoms with E-state index >= 15 is 0 Å². The van der Waals surface area contributed by atoms with Crippen LogP contribution in [0.5, 0.6) is 0 Å². The lowest BCUT2D eigenvalue weighted by molar-refractivity contribution is -0.133. The Balaban J connectivity index is 1.99. The predicted molar refractivity (Wildman–Crippen MR) is 144 cm³/mol. The minimum Gasteiger partial charge on any atom is -0.331 e. The van der Waals surface area contributed by atoms with Crippen molar-refractivity contribution < 1.29 is 9.18 Å². The van der Waals surface area contributed by atoms with E-state index in [2.05, 4.69) is 13.8 Å². The molecule has 1 aromatic heterocycles. The van der Waals surface area contributed by atoms with Gasteiger partial charge in [0.1, 0.15) is 11.6 Å². The average Bonchev–Trinajstić information content (AvgIpc) is 2.84. The molecule has 194 valence electrons. The average molecular weight is 495 g/mol. The molecule has 0 aliphatic carbocycles. The summed E-state index contributed by atoms with van der Waals surface area (Å²) in [6.07, 6.45) is 4.61. The third-order valence-corrected chi connectivity index (χ3v) is 6.51. The first-order chi connectivity index (χ1) is 17.2. The number of likely N-dealkylation sites (N-methyl/N-ethyl adjacent to an activating group) is 1. The quantitative estimate of drug-likeness (QED) is 0.308. The summed E-state index contributed by atoms with van der Waals surface area (Å²) in [7, 11) is 3.95. The fourth-order valence-electron chi connectivity index (χ4n) is 4.40. The molecule has 0 spiro atoms. The number of halogens is 1. The van der Waals surface area contributed by atoms with Crippen LogP contribution in [0.3, 0.4) is 0 Å². The van der Waals surface area contributed by atoms with E-state index in [0.717, 1.165) is 19.3 Å². The summed E-state index contributed by atoms with van der Waals surface area (Å²) in [5.74, 6) is 0.814. The lowest BCUT2D eigenvalue weighted by Crippen LogP contribution is -2.40. The van der Waals surface area contributed by atoms with Crippen LogP contribution in [-0.2, 0) is 4.79 Å². The van der Waals surface area contributed by atoms with Crippen LogP contribution >= 0.6 is 0 Å². The van der Waals surface area contributed by atoms with Crippen molar-refractivity contribution in [1.82, 2.24) is 19.4 Å². The molecule has 1 atom stereocenters. The highest BCUT2D eigenvalue weighted by Crippen LogP contribution is 2.24. The molecule has 1 amide bonds. The van der Waals surface area contributed by atoms with E-state index in [4.69, 9.17) is 4.98 Å². The maximum Gasteiger partial charge on any atom is 0.266 e. The fraction of sp³-hybridized carbons (Fsp3) is 0.483. The molecule has 1 heterocycles. The predicted octanol–water partition coefficient (Wildman–Crippen LogP) is 5.58. The first-order valence-corrected chi connectivity index (χ1v) is 12.9. The second-order valence-electron chi connectivity index (χ2n) is 10.2. The van der Waals surface area contributed by atoms with Crippen LogP contribution in [0.1, 0.15) is 64.7 Å². The molecule has 0 aliphatic heterocycles. The zero-order valence-corrected chi connectivity index (χ0v) is 22.2. The molecule has 0 fully saturated rings. The van der Waals surface area contributed by atoms with Gasteiger partial charge in [0.25, 0.3) is 5.56 Å². The van der Waals surface area contributed by atoms with E-state index in [9.17, 15) is 14.0 Å². The van der Waals surface area contributed by atoms with Crippen molar-refractivity contribution in [3.05, 3.63) is 70.5 Å². The first-order valence-electron chi connectivity index (χ1n) is 12.9. The number of nitrogens with zero attached hydrogens (tertiary/aromatic N) is 4. The highest BCUT2D eigenvalue weighted by Gasteiger charge is 2.26. The van der Waals surface area contributed by atoms with Gasteiger partial charge in [-0.1, -0.05) is 45.2 Å². The number of para-hydroxylation sites is 1. The SMILES string of the molecule is CC(C)CCCCCC(=O)N(CCN(C)C)C(C)c1nc2ccccc2c(=O)n1-c1ccc(F)cc1. The summed E-state index contributed by atoms with van der Waals surface area (Å²) in [6.45, 7) is 7.56. The zero-order chi connectivity index (χ0) is 26.2. The molecular formula is C29H39FN4O2. The molecule has 0 aliphatic rings. The second kappa shape index (κ2) is 12.8. The summed E-state index contributed by atoms with van der Waals surface area (Å²) in [5, 5.41) is 0.481. The van der Waals surface area contributed by atoms with Crippen LogP contribution in [-0.4, -0.2) is 52.4 Å². The molecule has 6 nitrogen and oxygen atoms in total. The molecule has 2 aromatic carbocycles. The Kier molecular flexibility index (Phi) is 9.76. The van der Waals surface area contributed by atoms with Crippen LogP contribution < -0.4 is 5.56 Å². The van der Waals surface area contributed by atoms with Crippen LogP contribution in [0.15, 0.2) is 53.3 Å². The van der Waals surface area contributed by atoms with Crippen molar-refractivity contribution in [1.29, 1.82) is 0 Å². The van der Waals surface area contributed by atoms with Crippen LogP contribution in [0.2, 0.25) is 0 Å². The van der Waals surface area contributed by atoms with Crippen LogP contribution in [0.25, 0.3) is 16.6 Å². The number of unbranched alkanes of at least 4 members (excludes halogenated alkanes) is 2. The Bertz CT molecular complexity index is 1200. The van der Waals surface area contributed by atoms with E-state index in [1.807, 2.05) is 43.0 Å². The van der Waals surface area contributed by atoms with Gasteiger partial charge in [-0.05, 0) is 69.8 Å². The fourth-order valence-corrected chi connectivity index (χ4v) is 4.40. The van der Waals surface area contributed by atoms with Gasteiger partial charge in [0, 0.05) is 19.5 Å². The lowest BCUT2D eigenvalue weighted by Gasteiger charge is -2.31. The van der Waals surface area contributed by atoms with Crippen molar-refractivity contribution in [2.24, 2.45) is 5.92 Å². The summed E-state index contributed by atoms with van der Waals surface area (Å²) < 4.78 is 15.2. The van der Waals surface area contributed by atoms with E-state index in [1.54, 1.807) is 24.3 Å². The van der Waals surface area contributed by atoms with Crippen molar-refractivity contribution in [3.8, 4) is 5.69 Å². The van der Waals surface area contributed by atoms with Gasteiger partial charge in [0.2, 0.25) is 5.91 Å². The second-order valence-corrected chi connectivity index (χ2v) is 10.2. The van der Waals surface area contributed by atoms with Gasteiger partial charge in [-0.25, -0.2) is 9.37 Å². The van der Waals surface area contributed by atoms with Gasteiger partial charge in [-0.3, -0.25) is 14.2 Å². The molecule has 3 aromatic rings. The van der Waals surface area contributed by atoms with Gasteiger partial charge >= 0.3 is 0 Å². The molecule has 7 heteroatoms. The number of amides is 1. The minimum atomic E-state index is -0.449. The molecule has 0 bridgehead atoms. The maximum absolute atomic E-state index is 13.7. The summed E-state index contributed by atoms with van der Waals surface area (Å²) in [4.78, 5) is 35.8. The van der Waals surface area contributed by atoms with Gasteiger partial charge in [0.15, 0.2) is 0 Å². The number of aromatic nitrogens is 2. The number of carbonyl (C=O) groups is 1. The zero-order valence-electron chi connectivity index (χ0n) is 22.2. The molecule has 0 saturated heterocycles. The number of rotatable bonds is 12. The Hall–Kier alpha value is -3.06. The highest BCUT2D eigenvalue weighted by atomic mass is 19.1. The molecular weight excluding hydrogens is 455 g/mol. The van der Waals surface area contributed by atoms with Gasteiger partial charge in [0.05, 0.1) is 22.6 Å². The van der Waals surface area contributed by atoms with E-state index < -0.39 is 6.04 Å². The summed E-state index contributed by atoms with van der Waals surface area (Å²) in [5.41, 5.74) is 0.870. The minimum absolute atomic E-state index is 0.0574. The van der Waals surface area contributed by atoms with E-state index in [0.29, 0.717) is 47.8 Å². The molecule has 0 N–H and O–H groups in total. The van der Waals surface area contributed by atoms with Crippen LogP contribution in [0.4, 0.5) is 4.39 Å². The standard InChI is InChI=1S/C29H39FN4O2/c1-21(2)11-7-6-8-14-27(35)33(20-19-32(4)5)22(3)28-31-26-13-10-9-12-25(26)29(36)34(28)24-17-15-23(30)16-18-24/h9-10,12-13,15-18,21-22H,6-8,11,14,19-20H2,1-5H3. The Morgan fingerprint density at radius 2 is 1.67 bits per heavy atom. The van der Waals surface area contributed by atoms with Gasteiger partial charge in [-0.2, -0.15) is 0 Å². The van der Waals surface area contributed by atoms with E-state index in [1.165, 1.54) is 23.1 Å². The molecule has 0 saturated carbocycles. The lowest BCUT2D eigenvalue weighted by atomic mass is 10.0. The number of hydrogen-bond acceptors (Lipinski definition) is 4. The van der Waals surface area contributed by atoms with Crippen molar-refractivity contribution in [3.63, 3.8) is 0 Å². The topological polar surface area (TPSA) is 58.4 Å². The smallest absolute Gasteiger partial charge is 0.266 e.